The van der Waals surface area contributed by atoms with Crippen molar-refractivity contribution in [1.82, 2.24) is 10.6 Å². The third kappa shape index (κ3) is 5.05. The molecule has 1 aliphatic heterocycles. The normalized spacial score (nSPS) is 16.3. The molecule has 1 atom stereocenters. The lowest BCUT2D eigenvalue weighted by molar-refractivity contribution is -0.139. The molecule has 164 valence electrons. The number of urea groups is 1. The van der Waals surface area contributed by atoms with Crippen LogP contribution in [0.25, 0.3) is 0 Å². The van der Waals surface area contributed by atoms with Crippen molar-refractivity contribution in [2.24, 2.45) is 0 Å². The van der Waals surface area contributed by atoms with Gasteiger partial charge in [-0.3, -0.25) is 0 Å². The molecule has 0 bridgehead atoms. The molecule has 8 nitrogen and oxygen atoms in total. The molecule has 31 heavy (non-hydrogen) atoms. The van der Waals surface area contributed by atoms with Crippen molar-refractivity contribution >= 4 is 21.8 Å². The van der Waals surface area contributed by atoms with E-state index in [2.05, 4.69) is 10.6 Å². The number of benzene rings is 2. The Hall–Kier alpha value is -3.33. The van der Waals surface area contributed by atoms with E-state index in [0.717, 1.165) is 0 Å². The quantitative estimate of drug-likeness (QED) is 0.606. The second kappa shape index (κ2) is 9.65. The van der Waals surface area contributed by atoms with Crippen LogP contribution in [0, 0.1) is 0 Å². The molecule has 2 aromatic carbocycles. The van der Waals surface area contributed by atoms with Gasteiger partial charge in [-0.15, -0.1) is 0 Å². The zero-order chi connectivity index (χ0) is 22.4. The van der Waals surface area contributed by atoms with Gasteiger partial charge in [0.2, 0.25) is 0 Å². The van der Waals surface area contributed by atoms with Crippen LogP contribution in [-0.2, 0) is 19.4 Å². The van der Waals surface area contributed by atoms with E-state index in [-0.39, 0.29) is 22.8 Å². The highest BCUT2D eigenvalue weighted by Gasteiger charge is 2.37. The Balaban J connectivity index is 2.13. The van der Waals surface area contributed by atoms with Gasteiger partial charge in [-0.2, -0.15) is 0 Å². The van der Waals surface area contributed by atoms with Crippen LogP contribution in [0.3, 0.4) is 0 Å². The van der Waals surface area contributed by atoms with Crippen LogP contribution >= 0.6 is 0 Å². The topological polar surface area (TPSA) is 111 Å². The molecule has 0 unspecified atom stereocenters. The average molecular weight is 445 g/mol. The third-order valence-corrected chi connectivity index (χ3v) is 6.27. The van der Waals surface area contributed by atoms with Gasteiger partial charge < -0.3 is 20.1 Å². The molecule has 1 heterocycles. The summed E-state index contributed by atoms with van der Waals surface area (Å²) >= 11 is 0. The maximum Gasteiger partial charge on any atom is 0.338 e. The van der Waals surface area contributed by atoms with Crippen LogP contribution in [-0.4, -0.2) is 39.4 Å². The van der Waals surface area contributed by atoms with E-state index in [0.29, 0.717) is 17.9 Å². The fourth-order valence-electron chi connectivity index (χ4n) is 3.32. The summed E-state index contributed by atoms with van der Waals surface area (Å²) in [7, 11) is -3.83. The molecule has 2 N–H and O–H groups in total. The Morgan fingerprint density at radius 3 is 2.35 bits per heavy atom. The summed E-state index contributed by atoms with van der Waals surface area (Å²) < 4.78 is 36.8. The lowest BCUT2D eigenvalue weighted by atomic mass is 9.95. The van der Waals surface area contributed by atoms with Crippen LogP contribution in [0.5, 0.6) is 5.75 Å². The minimum Gasteiger partial charge on any atom is -0.494 e. The van der Waals surface area contributed by atoms with Crippen molar-refractivity contribution in [2.45, 2.75) is 24.8 Å². The van der Waals surface area contributed by atoms with E-state index < -0.39 is 33.6 Å². The van der Waals surface area contributed by atoms with Crippen LogP contribution in [0.2, 0.25) is 0 Å². The fourth-order valence-corrected chi connectivity index (χ4v) is 4.67. The fraction of sp³-hybridized carbons (Fsp3) is 0.273. The summed E-state index contributed by atoms with van der Waals surface area (Å²) in [5, 5.41) is 5.18. The van der Waals surface area contributed by atoms with Gasteiger partial charge in [0.25, 0.3) is 0 Å². The molecular weight excluding hydrogens is 420 g/mol. The highest BCUT2D eigenvalue weighted by Crippen LogP contribution is 2.34. The van der Waals surface area contributed by atoms with Crippen LogP contribution in [0.1, 0.15) is 25.5 Å². The summed E-state index contributed by atoms with van der Waals surface area (Å²) in [4.78, 5) is 25.4. The number of esters is 1. The SMILES string of the molecule is CCOC(=O)C1=C(CS(=O)(=O)c2ccccc2)NC(=O)N[C@H]1c1ccccc1OCC. The molecule has 1 aliphatic rings. The lowest BCUT2D eigenvalue weighted by Gasteiger charge is -2.30. The molecule has 0 radical (unpaired) electrons. The van der Waals surface area contributed by atoms with Gasteiger partial charge in [-0.05, 0) is 32.0 Å². The van der Waals surface area contributed by atoms with E-state index in [4.69, 9.17) is 9.47 Å². The molecule has 0 spiro atoms. The summed E-state index contributed by atoms with van der Waals surface area (Å²) in [6.45, 7) is 3.94. The molecule has 0 aliphatic carbocycles. The minimum atomic E-state index is -3.83. The van der Waals surface area contributed by atoms with Crippen LogP contribution in [0.4, 0.5) is 4.79 Å². The monoisotopic (exact) mass is 444 g/mol. The molecule has 3 rings (SSSR count). The second-order valence-corrected chi connectivity index (χ2v) is 8.68. The highest BCUT2D eigenvalue weighted by atomic mass is 32.2. The number of hydrogen-bond acceptors (Lipinski definition) is 6. The summed E-state index contributed by atoms with van der Waals surface area (Å²) in [5.74, 6) is -0.805. The van der Waals surface area contributed by atoms with Crippen molar-refractivity contribution < 1.29 is 27.5 Å². The number of nitrogens with one attached hydrogen (secondary N) is 2. The second-order valence-electron chi connectivity index (χ2n) is 6.69. The zero-order valence-corrected chi connectivity index (χ0v) is 18.1. The summed E-state index contributed by atoms with van der Waals surface area (Å²) in [5.41, 5.74) is 0.521. The molecule has 0 saturated carbocycles. The van der Waals surface area contributed by atoms with Crippen molar-refractivity contribution in [1.29, 1.82) is 0 Å². The summed E-state index contributed by atoms with van der Waals surface area (Å²) in [6, 6.07) is 13.2. The Labute approximate surface area is 181 Å². The number of para-hydroxylation sites is 1. The smallest absolute Gasteiger partial charge is 0.338 e. The molecule has 0 fully saturated rings. The predicted octanol–water partition coefficient (Wildman–Crippen LogP) is 2.73. The van der Waals surface area contributed by atoms with E-state index in [1.165, 1.54) is 12.1 Å². The van der Waals surface area contributed by atoms with Crippen LogP contribution < -0.4 is 15.4 Å². The van der Waals surface area contributed by atoms with Gasteiger partial charge in [-0.1, -0.05) is 36.4 Å². The first-order valence-corrected chi connectivity index (χ1v) is 11.5. The number of amides is 2. The minimum absolute atomic E-state index is 0.0214. The number of rotatable bonds is 8. The van der Waals surface area contributed by atoms with Gasteiger partial charge in [0, 0.05) is 11.3 Å². The summed E-state index contributed by atoms with van der Waals surface area (Å²) in [6.07, 6.45) is 0. The highest BCUT2D eigenvalue weighted by molar-refractivity contribution is 7.91. The average Bonchev–Trinajstić information content (AvgIpc) is 2.74. The van der Waals surface area contributed by atoms with Crippen molar-refractivity contribution in [2.75, 3.05) is 19.0 Å². The van der Waals surface area contributed by atoms with E-state index >= 15 is 0 Å². The standard InChI is InChI=1S/C22H24N2O6S/c1-3-29-18-13-9-8-12-16(18)20-19(21(25)30-4-2)17(23-22(26)24-20)14-31(27,28)15-10-6-5-7-11-15/h5-13,20H,3-4,14H2,1-2H3,(H2,23,24,26)/t20-/m0/s1. The molecule has 2 amide bonds. The Morgan fingerprint density at radius 1 is 1.00 bits per heavy atom. The van der Waals surface area contributed by atoms with E-state index in [9.17, 15) is 18.0 Å². The lowest BCUT2D eigenvalue weighted by Crippen LogP contribution is -2.47. The molecule has 0 aromatic heterocycles. The molecule has 9 heteroatoms. The van der Waals surface area contributed by atoms with Gasteiger partial charge in [0.05, 0.1) is 35.5 Å². The van der Waals surface area contributed by atoms with Gasteiger partial charge in [0.1, 0.15) is 5.75 Å². The number of carbonyl (C=O) groups excluding carboxylic acids is 2. The predicted molar refractivity (Wildman–Crippen MR) is 114 cm³/mol. The van der Waals surface area contributed by atoms with Gasteiger partial charge in [0.15, 0.2) is 9.84 Å². The maximum absolute atomic E-state index is 13.0. The first-order chi connectivity index (χ1) is 14.9. The molecule has 2 aromatic rings. The van der Waals surface area contributed by atoms with Crippen molar-refractivity contribution in [3.05, 3.63) is 71.4 Å². The third-order valence-electron chi connectivity index (χ3n) is 4.62. The first kappa shape index (κ1) is 22.4. The number of sulfone groups is 1. The van der Waals surface area contributed by atoms with Gasteiger partial charge >= 0.3 is 12.0 Å². The zero-order valence-electron chi connectivity index (χ0n) is 17.3. The maximum atomic E-state index is 13.0. The van der Waals surface area contributed by atoms with Crippen LogP contribution in [0.15, 0.2) is 70.8 Å². The Bertz CT molecular complexity index is 1100. The number of ether oxygens (including phenoxy) is 2. The Morgan fingerprint density at radius 2 is 1.68 bits per heavy atom. The van der Waals surface area contributed by atoms with Gasteiger partial charge in [-0.25, -0.2) is 18.0 Å². The molecule has 0 saturated heterocycles. The van der Waals surface area contributed by atoms with E-state index in [1.54, 1.807) is 49.4 Å². The first-order valence-electron chi connectivity index (χ1n) is 9.84. The number of hydrogen-bond donors (Lipinski definition) is 2. The van der Waals surface area contributed by atoms with E-state index in [1.807, 2.05) is 6.92 Å². The largest absolute Gasteiger partial charge is 0.494 e. The van der Waals surface area contributed by atoms with Crippen molar-refractivity contribution in [3.63, 3.8) is 0 Å². The Kier molecular flexibility index (Phi) is 6.96. The molecular formula is C22H24N2O6S. The van der Waals surface area contributed by atoms with Crippen molar-refractivity contribution in [3.8, 4) is 5.75 Å². The number of carbonyl (C=O) groups is 2.